The minimum Gasteiger partial charge on any atom is -0.444 e. The van der Waals surface area contributed by atoms with E-state index in [9.17, 15) is 4.79 Å². The predicted molar refractivity (Wildman–Crippen MR) is 49.6 cm³/mol. The molecule has 76 valence electrons. The lowest BCUT2D eigenvalue weighted by Crippen LogP contribution is -2.36. The fourth-order valence-electron chi connectivity index (χ4n) is 1.10. The van der Waals surface area contributed by atoms with E-state index in [1.165, 1.54) is 0 Å². The summed E-state index contributed by atoms with van der Waals surface area (Å²) in [5, 5.41) is 5.49. The van der Waals surface area contributed by atoms with Crippen molar-refractivity contribution in [2.45, 2.75) is 32.4 Å². The Morgan fingerprint density at radius 2 is 2.50 bits per heavy atom. The van der Waals surface area contributed by atoms with Crippen LogP contribution >= 0.6 is 0 Å². The number of aryl methyl sites for hydroxylation is 1. The van der Waals surface area contributed by atoms with Crippen LogP contribution in [0.15, 0.2) is 10.6 Å². The summed E-state index contributed by atoms with van der Waals surface area (Å²) in [5.74, 6) is 1.29. The van der Waals surface area contributed by atoms with Crippen molar-refractivity contribution in [3.05, 3.63) is 17.8 Å². The van der Waals surface area contributed by atoms with Crippen LogP contribution in [-0.2, 0) is 6.54 Å². The number of hydrogen-bond donors (Lipinski definition) is 2. The van der Waals surface area contributed by atoms with Gasteiger partial charge in [-0.25, -0.2) is 9.78 Å². The van der Waals surface area contributed by atoms with Crippen LogP contribution in [0.25, 0.3) is 0 Å². The summed E-state index contributed by atoms with van der Waals surface area (Å²) in [6.07, 6.45) is 3.81. The van der Waals surface area contributed by atoms with Crippen molar-refractivity contribution in [3.63, 3.8) is 0 Å². The third-order valence-electron chi connectivity index (χ3n) is 1.98. The Balaban J connectivity index is 1.73. The van der Waals surface area contributed by atoms with Gasteiger partial charge in [0.1, 0.15) is 5.76 Å². The van der Waals surface area contributed by atoms with Gasteiger partial charge in [-0.05, 0) is 19.8 Å². The van der Waals surface area contributed by atoms with Crippen LogP contribution in [0, 0.1) is 6.92 Å². The van der Waals surface area contributed by atoms with E-state index in [0.717, 1.165) is 18.6 Å². The highest BCUT2D eigenvalue weighted by Crippen LogP contribution is 2.18. The molecular weight excluding hydrogens is 182 g/mol. The smallest absolute Gasteiger partial charge is 0.315 e. The minimum atomic E-state index is -0.150. The molecule has 0 spiro atoms. The van der Waals surface area contributed by atoms with Crippen LogP contribution in [-0.4, -0.2) is 17.1 Å². The molecule has 0 aliphatic heterocycles. The summed E-state index contributed by atoms with van der Waals surface area (Å²) in [5.41, 5.74) is 0. The molecule has 1 aliphatic carbocycles. The van der Waals surface area contributed by atoms with Gasteiger partial charge in [0.25, 0.3) is 0 Å². The number of aromatic nitrogens is 1. The quantitative estimate of drug-likeness (QED) is 0.754. The van der Waals surface area contributed by atoms with Gasteiger partial charge in [0.15, 0.2) is 0 Å². The molecular formula is C9H13N3O2. The number of carbonyl (C=O) groups is 1. The third kappa shape index (κ3) is 2.48. The molecule has 1 heterocycles. The first kappa shape index (κ1) is 9.05. The van der Waals surface area contributed by atoms with Crippen LogP contribution in [0.4, 0.5) is 4.79 Å². The van der Waals surface area contributed by atoms with Crippen molar-refractivity contribution in [2.24, 2.45) is 0 Å². The van der Waals surface area contributed by atoms with Gasteiger partial charge in [0.05, 0.1) is 12.7 Å². The standard InChI is InChI=1S/C9H13N3O2/c1-6-4-10-8(14-6)5-11-9(13)12-7-2-3-7/h4,7H,2-3,5H2,1H3,(H2,11,12,13). The molecule has 1 aliphatic rings. The lowest BCUT2D eigenvalue weighted by Gasteiger charge is -2.03. The fourth-order valence-corrected chi connectivity index (χ4v) is 1.10. The van der Waals surface area contributed by atoms with E-state index in [4.69, 9.17) is 4.42 Å². The number of nitrogens with one attached hydrogen (secondary N) is 2. The highest BCUT2D eigenvalue weighted by molar-refractivity contribution is 5.74. The van der Waals surface area contributed by atoms with Crippen molar-refractivity contribution < 1.29 is 9.21 Å². The Labute approximate surface area is 81.9 Å². The predicted octanol–water partition coefficient (Wildman–Crippen LogP) is 0.945. The first-order chi connectivity index (χ1) is 6.74. The fraction of sp³-hybridized carbons (Fsp3) is 0.556. The largest absolute Gasteiger partial charge is 0.444 e. The van der Waals surface area contributed by atoms with E-state index in [-0.39, 0.29) is 6.03 Å². The van der Waals surface area contributed by atoms with Gasteiger partial charge in [0, 0.05) is 6.04 Å². The van der Waals surface area contributed by atoms with Gasteiger partial charge in [-0.2, -0.15) is 0 Å². The van der Waals surface area contributed by atoms with Crippen LogP contribution < -0.4 is 10.6 Å². The van der Waals surface area contributed by atoms with Gasteiger partial charge < -0.3 is 15.1 Å². The number of rotatable bonds is 3. The second-order valence-electron chi connectivity index (χ2n) is 3.47. The van der Waals surface area contributed by atoms with Gasteiger partial charge in [-0.1, -0.05) is 0 Å². The molecule has 1 fully saturated rings. The average molecular weight is 195 g/mol. The summed E-state index contributed by atoms with van der Waals surface area (Å²) in [7, 11) is 0. The Kier molecular flexibility index (Phi) is 2.39. The topological polar surface area (TPSA) is 67.2 Å². The first-order valence-electron chi connectivity index (χ1n) is 4.70. The Morgan fingerprint density at radius 3 is 3.07 bits per heavy atom. The van der Waals surface area contributed by atoms with Crippen molar-refractivity contribution in [1.29, 1.82) is 0 Å². The summed E-state index contributed by atoms with van der Waals surface area (Å²) in [6, 6.07) is 0.227. The third-order valence-corrected chi connectivity index (χ3v) is 1.98. The first-order valence-corrected chi connectivity index (χ1v) is 4.70. The Bertz CT molecular complexity index is 331. The van der Waals surface area contributed by atoms with Gasteiger partial charge >= 0.3 is 6.03 Å². The SMILES string of the molecule is Cc1cnc(CNC(=O)NC2CC2)o1. The van der Waals surface area contributed by atoms with Crippen molar-refractivity contribution in [1.82, 2.24) is 15.6 Å². The normalized spacial score (nSPS) is 15.2. The van der Waals surface area contributed by atoms with Crippen LogP contribution in [0.1, 0.15) is 24.5 Å². The average Bonchev–Trinajstić information content (AvgIpc) is 2.85. The molecule has 5 nitrogen and oxygen atoms in total. The van der Waals surface area contributed by atoms with Crippen molar-refractivity contribution in [2.75, 3.05) is 0 Å². The highest BCUT2D eigenvalue weighted by atomic mass is 16.4. The summed E-state index contributed by atoms with van der Waals surface area (Å²) < 4.78 is 5.20. The second-order valence-corrected chi connectivity index (χ2v) is 3.47. The van der Waals surface area contributed by atoms with Crippen LogP contribution in [0.5, 0.6) is 0 Å². The zero-order valence-electron chi connectivity index (χ0n) is 8.04. The molecule has 0 aromatic carbocycles. The number of urea groups is 1. The van der Waals surface area contributed by atoms with E-state index in [1.54, 1.807) is 6.20 Å². The maximum absolute atomic E-state index is 11.2. The molecule has 1 saturated carbocycles. The molecule has 1 aromatic rings. The molecule has 0 radical (unpaired) electrons. The Morgan fingerprint density at radius 1 is 1.71 bits per heavy atom. The molecule has 5 heteroatoms. The molecule has 2 amide bonds. The number of nitrogens with zero attached hydrogens (tertiary/aromatic N) is 1. The maximum atomic E-state index is 11.2. The van der Waals surface area contributed by atoms with E-state index < -0.39 is 0 Å². The lowest BCUT2D eigenvalue weighted by molar-refractivity contribution is 0.239. The van der Waals surface area contributed by atoms with E-state index in [0.29, 0.717) is 18.5 Å². The van der Waals surface area contributed by atoms with Gasteiger partial charge in [-0.3, -0.25) is 0 Å². The molecule has 2 rings (SSSR count). The molecule has 1 aromatic heterocycles. The zero-order chi connectivity index (χ0) is 9.97. The molecule has 0 unspecified atom stereocenters. The summed E-state index contributed by atoms with van der Waals surface area (Å²) in [4.78, 5) is 15.2. The zero-order valence-corrected chi connectivity index (χ0v) is 8.04. The van der Waals surface area contributed by atoms with Crippen molar-refractivity contribution >= 4 is 6.03 Å². The summed E-state index contributed by atoms with van der Waals surface area (Å²) >= 11 is 0. The lowest BCUT2D eigenvalue weighted by atomic mass is 10.6. The van der Waals surface area contributed by atoms with Gasteiger partial charge in [0.2, 0.25) is 5.89 Å². The molecule has 0 atom stereocenters. The maximum Gasteiger partial charge on any atom is 0.315 e. The minimum absolute atomic E-state index is 0.150. The second kappa shape index (κ2) is 3.69. The van der Waals surface area contributed by atoms with Gasteiger partial charge in [-0.15, -0.1) is 0 Å². The summed E-state index contributed by atoms with van der Waals surface area (Å²) in [6.45, 7) is 2.16. The Hall–Kier alpha value is -1.52. The highest BCUT2D eigenvalue weighted by Gasteiger charge is 2.23. The van der Waals surface area contributed by atoms with Crippen LogP contribution in [0.2, 0.25) is 0 Å². The van der Waals surface area contributed by atoms with E-state index in [1.807, 2.05) is 6.92 Å². The number of oxazole rings is 1. The number of carbonyl (C=O) groups excluding carboxylic acids is 1. The van der Waals surface area contributed by atoms with Crippen LogP contribution in [0.3, 0.4) is 0 Å². The van der Waals surface area contributed by atoms with E-state index >= 15 is 0 Å². The molecule has 14 heavy (non-hydrogen) atoms. The molecule has 2 N–H and O–H groups in total. The van der Waals surface area contributed by atoms with E-state index in [2.05, 4.69) is 15.6 Å². The molecule has 0 bridgehead atoms. The van der Waals surface area contributed by atoms with Crippen molar-refractivity contribution in [3.8, 4) is 0 Å². The molecule has 0 saturated heterocycles. The number of hydrogen-bond acceptors (Lipinski definition) is 3. The number of amides is 2. The monoisotopic (exact) mass is 195 g/mol.